The van der Waals surface area contributed by atoms with Gasteiger partial charge in [-0.25, -0.2) is 4.79 Å². The molecule has 1 aliphatic heterocycles. The molecule has 5 atom stereocenters. The van der Waals surface area contributed by atoms with E-state index in [-0.39, 0.29) is 18.1 Å². The highest BCUT2D eigenvalue weighted by molar-refractivity contribution is 5.89. The van der Waals surface area contributed by atoms with Crippen molar-refractivity contribution in [3.63, 3.8) is 0 Å². The number of ether oxygens (including phenoxy) is 2. The molecule has 1 aromatic rings. The summed E-state index contributed by atoms with van der Waals surface area (Å²) in [6, 6.07) is 8.68. The van der Waals surface area contributed by atoms with Gasteiger partial charge in [0, 0.05) is 17.7 Å². The van der Waals surface area contributed by atoms with Crippen LogP contribution in [0.4, 0.5) is 0 Å². The number of hydrogen-bond acceptors (Lipinski definition) is 5. The first-order chi connectivity index (χ1) is 10.4. The maximum atomic E-state index is 12.1. The highest BCUT2D eigenvalue weighted by atomic mass is 16.7. The van der Waals surface area contributed by atoms with Crippen molar-refractivity contribution >= 4 is 5.97 Å². The number of benzene rings is 1. The molecule has 1 aliphatic rings. The van der Waals surface area contributed by atoms with Crippen LogP contribution in [-0.2, 0) is 9.47 Å². The summed E-state index contributed by atoms with van der Waals surface area (Å²) >= 11 is 0. The lowest BCUT2D eigenvalue weighted by Gasteiger charge is -2.25. The molecular formula is C17H23NO4. The molecule has 1 aromatic carbocycles. The van der Waals surface area contributed by atoms with Gasteiger partial charge in [0.05, 0.1) is 11.7 Å². The number of esters is 1. The predicted molar refractivity (Wildman–Crippen MR) is 83.1 cm³/mol. The molecule has 0 radical (unpaired) electrons. The van der Waals surface area contributed by atoms with E-state index < -0.39 is 18.4 Å². The van der Waals surface area contributed by atoms with Crippen LogP contribution in [0.2, 0.25) is 0 Å². The number of carbonyl (C=O) groups excluding carboxylic acids is 1. The number of aliphatic hydroxyl groups excluding tert-OH is 1. The summed E-state index contributed by atoms with van der Waals surface area (Å²) < 4.78 is 11.0. The summed E-state index contributed by atoms with van der Waals surface area (Å²) in [4.78, 5) is 12.1. The zero-order valence-corrected chi connectivity index (χ0v) is 13.2. The minimum absolute atomic E-state index is 0.0393. The molecule has 5 nitrogen and oxygen atoms in total. The summed E-state index contributed by atoms with van der Waals surface area (Å²) in [5.41, 5.74) is 1.28. The van der Waals surface area contributed by atoms with Crippen LogP contribution in [0, 0.1) is 5.92 Å². The van der Waals surface area contributed by atoms with Crippen molar-refractivity contribution in [1.82, 2.24) is 5.32 Å². The van der Waals surface area contributed by atoms with Crippen LogP contribution in [0.5, 0.6) is 0 Å². The van der Waals surface area contributed by atoms with E-state index >= 15 is 0 Å². The average molecular weight is 305 g/mol. The number of aliphatic hydroxyl groups is 1. The van der Waals surface area contributed by atoms with E-state index in [0.717, 1.165) is 5.70 Å². The van der Waals surface area contributed by atoms with Gasteiger partial charge >= 0.3 is 5.97 Å². The first-order valence-corrected chi connectivity index (χ1v) is 7.41. The molecule has 120 valence electrons. The summed E-state index contributed by atoms with van der Waals surface area (Å²) in [6.45, 7) is 9.52. The van der Waals surface area contributed by atoms with Gasteiger partial charge in [-0.1, -0.05) is 31.7 Å². The number of allylic oxidation sites excluding steroid dienone is 1. The van der Waals surface area contributed by atoms with Crippen LogP contribution < -0.4 is 5.32 Å². The summed E-state index contributed by atoms with van der Waals surface area (Å²) in [7, 11) is 0. The normalized spacial score (nSPS) is 28.9. The van der Waals surface area contributed by atoms with Crippen molar-refractivity contribution < 1.29 is 19.4 Å². The Morgan fingerprint density at radius 3 is 2.64 bits per heavy atom. The lowest BCUT2D eigenvalue weighted by molar-refractivity contribution is -0.133. The van der Waals surface area contributed by atoms with Crippen LogP contribution in [0.3, 0.4) is 0 Å². The topological polar surface area (TPSA) is 67.8 Å². The largest absolute Gasteiger partial charge is 0.453 e. The molecule has 0 aliphatic carbocycles. The molecule has 1 saturated heterocycles. The molecule has 1 heterocycles. The van der Waals surface area contributed by atoms with Crippen molar-refractivity contribution in [2.45, 2.75) is 45.3 Å². The molecule has 2 unspecified atom stereocenters. The van der Waals surface area contributed by atoms with Crippen molar-refractivity contribution in [2.75, 3.05) is 0 Å². The molecule has 0 aromatic heterocycles. The average Bonchev–Trinajstić information content (AvgIpc) is 2.75. The fourth-order valence-corrected chi connectivity index (χ4v) is 2.78. The third-order valence-corrected chi connectivity index (χ3v) is 3.83. The van der Waals surface area contributed by atoms with E-state index in [9.17, 15) is 9.90 Å². The molecule has 1 fully saturated rings. The Kier molecular flexibility index (Phi) is 5.21. The van der Waals surface area contributed by atoms with Gasteiger partial charge < -0.3 is 19.9 Å². The van der Waals surface area contributed by atoms with Gasteiger partial charge in [0.25, 0.3) is 0 Å². The predicted octanol–water partition coefficient (Wildman–Crippen LogP) is 2.08. The van der Waals surface area contributed by atoms with Crippen LogP contribution in [0.25, 0.3) is 0 Å². The van der Waals surface area contributed by atoms with Crippen molar-refractivity contribution in [3.05, 3.63) is 48.2 Å². The quantitative estimate of drug-likeness (QED) is 0.815. The summed E-state index contributed by atoms with van der Waals surface area (Å²) in [5, 5.41) is 13.2. The standard InChI is InChI=1S/C17H23NO4/c1-10(2)18-12(4)14-11(3)15(17(20)21-14)22-16(19)13-8-6-5-7-9-13/h5-9,11-12,14-15,17-18,20H,1H2,2-4H3/t11-,12-,14-,15?,17?/m0/s1. The van der Waals surface area contributed by atoms with E-state index in [4.69, 9.17) is 9.47 Å². The molecule has 0 saturated carbocycles. The van der Waals surface area contributed by atoms with Gasteiger partial charge in [0.15, 0.2) is 12.4 Å². The Morgan fingerprint density at radius 2 is 2.05 bits per heavy atom. The van der Waals surface area contributed by atoms with E-state index in [1.807, 2.05) is 26.8 Å². The number of carbonyl (C=O) groups is 1. The van der Waals surface area contributed by atoms with Gasteiger partial charge in [0.2, 0.25) is 0 Å². The Labute approximate surface area is 130 Å². The first kappa shape index (κ1) is 16.5. The third-order valence-electron chi connectivity index (χ3n) is 3.83. The zero-order valence-electron chi connectivity index (χ0n) is 13.2. The SMILES string of the molecule is C=C(C)N[C@@H](C)[C@H]1OC(O)C(OC(=O)c2ccccc2)[C@H]1C. The minimum Gasteiger partial charge on any atom is -0.453 e. The molecule has 0 bridgehead atoms. The van der Waals surface area contributed by atoms with E-state index in [1.165, 1.54) is 0 Å². The summed E-state index contributed by atoms with van der Waals surface area (Å²) in [5.74, 6) is -0.592. The van der Waals surface area contributed by atoms with E-state index in [2.05, 4.69) is 11.9 Å². The van der Waals surface area contributed by atoms with Gasteiger partial charge in [-0.3, -0.25) is 0 Å². The second-order valence-corrected chi connectivity index (χ2v) is 5.80. The highest BCUT2D eigenvalue weighted by Crippen LogP contribution is 2.31. The Hall–Kier alpha value is -1.85. The third kappa shape index (κ3) is 3.67. The fourth-order valence-electron chi connectivity index (χ4n) is 2.78. The van der Waals surface area contributed by atoms with Crippen molar-refractivity contribution in [1.29, 1.82) is 0 Å². The highest BCUT2D eigenvalue weighted by Gasteiger charge is 2.45. The van der Waals surface area contributed by atoms with Gasteiger partial charge in [-0.15, -0.1) is 0 Å². The number of nitrogens with one attached hydrogen (secondary N) is 1. The zero-order chi connectivity index (χ0) is 16.3. The maximum absolute atomic E-state index is 12.1. The molecule has 0 amide bonds. The second-order valence-electron chi connectivity index (χ2n) is 5.80. The van der Waals surface area contributed by atoms with Gasteiger partial charge in [0.1, 0.15) is 0 Å². The van der Waals surface area contributed by atoms with Crippen LogP contribution in [0.15, 0.2) is 42.6 Å². The summed E-state index contributed by atoms with van der Waals surface area (Å²) in [6.07, 6.45) is -2.07. The monoisotopic (exact) mass is 305 g/mol. The van der Waals surface area contributed by atoms with Gasteiger partial charge in [-0.2, -0.15) is 0 Å². The smallest absolute Gasteiger partial charge is 0.338 e. The maximum Gasteiger partial charge on any atom is 0.338 e. The van der Waals surface area contributed by atoms with Crippen molar-refractivity contribution in [3.8, 4) is 0 Å². The van der Waals surface area contributed by atoms with Crippen LogP contribution in [-0.4, -0.2) is 35.6 Å². The van der Waals surface area contributed by atoms with E-state index in [0.29, 0.717) is 5.56 Å². The lowest BCUT2D eigenvalue weighted by atomic mass is 9.95. The molecule has 0 spiro atoms. The molecule has 2 N–H and O–H groups in total. The van der Waals surface area contributed by atoms with Crippen molar-refractivity contribution in [2.24, 2.45) is 5.92 Å². The molecule has 5 heteroatoms. The lowest BCUT2D eigenvalue weighted by Crippen LogP contribution is -2.40. The first-order valence-electron chi connectivity index (χ1n) is 7.41. The fraction of sp³-hybridized carbons (Fsp3) is 0.471. The number of rotatable bonds is 5. The second kappa shape index (κ2) is 6.94. The van der Waals surface area contributed by atoms with Crippen LogP contribution in [0.1, 0.15) is 31.1 Å². The molecular weight excluding hydrogens is 282 g/mol. The molecule has 2 rings (SSSR count). The minimum atomic E-state index is -1.12. The van der Waals surface area contributed by atoms with Crippen LogP contribution >= 0.6 is 0 Å². The Morgan fingerprint density at radius 1 is 1.41 bits per heavy atom. The molecule has 22 heavy (non-hydrogen) atoms. The Bertz CT molecular complexity index is 531. The van der Waals surface area contributed by atoms with Gasteiger partial charge in [-0.05, 0) is 26.0 Å². The number of hydrogen-bond donors (Lipinski definition) is 2. The Balaban J connectivity index is 2.03. The van der Waals surface area contributed by atoms with E-state index in [1.54, 1.807) is 24.3 Å².